The predicted octanol–water partition coefficient (Wildman–Crippen LogP) is 4.52. The first-order valence-electron chi connectivity index (χ1n) is 6.89. The Labute approximate surface area is 129 Å². The molecular formula is C17H18ClNO2. The van der Waals surface area contributed by atoms with Crippen LogP contribution in [-0.4, -0.2) is 5.91 Å². The second-order valence-electron chi connectivity index (χ2n) is 4.80. The fourth-order valence-electron chi connectivity index (χ4n) is 2.04. The lowest BCUT2D eigenvalue weighted by atomic mass is 10.0. The van der Waals surface area contributed by atoms with Gasteiger partial charge in [0.1, 0.15) is 11.5 Å². The van der Waals surface area contributed by atoms with Crippen LogP contribution in [0.4, 0.5) is 0 Å². The van der Waals surface area contributed by atoms with Crippen molar-refractivity contribution in [3.8, 4) is 0 Å². The van der Waals surface area contributed by atoms with Gasteiger partial charge >= 0.3 is 0 Å². The van der Waals surface area contributed by atoms with Crippen molar-refractivity contribution < 1.29 is 9.21 Å². The summed E-state index contributed by atoms with van der Waals surface area (Å²) in [6, 6.07) is 11.2. The molecule has 2 rings (SSSR count). The molecule has 0 radical (unpaired) electrons. The zero-order valence-corrected chi connectivity index (χ0v) is 12.9. The van der Waals surface area contributed by atoms with E-state index in [0.717, 1.165) is 17.7 Å². The van der Waals surface area contributed by atoms with E-state index in [9.17, 15) is 4.79 Å². The van der Waals surface area contributed by atoms with Gasteiger partial charge in [0, 0.05) is 11.1 Å². The van der Waals surface area contributed by atoms with Gasteiger partial charge < -0.3 is 9.73 Å². The van der Waals surface area contributed by atoms with Crippen LogP contribution in [0.15, 0.2) is 46.9 Å². The summed E-state index contributed by atoms with van der Waals surface area (Å²) in [4.78, 5) is 12.0. The Kier molecular flexibility index (Phi) is 5.23. The fourth-order valence-corrected chi connectivity index (χ4v) is 2.16. The summed E-state index contributed by atoms with van der Waals surface area (Å²) < 4.78 is 5.38. The third kappa shape index (κ3) is 4.50. The molecule has 0 aliphatic heterocycles. The maximum Gasteiger partial charge on any atom is 0.244 e. The first-order chi connectivity index (χ1) is 10.1. The van der Waals surface area contributed by atoms with E-state index in [2.05, 4.69) is 5.32 Å². The number of hydrogen-bond acceptors (Lipinski definition) is 2. The van der Waals surface area contributed by atoms with Crippen molar-refractivity contribution in [2.24, 2.45) is 0 Å². The Morgan fingerprint density at radius 3 is 2.57 bits per heavy atom. The van der Waals surface area contributed by atoms with Crippen LogP contribution < -0.4 is 5.32 Å². The largest absolute Gasteiger partial charge is 0.462 e. The minimum Gasteiger partial charge on any atom is -0.462 e. The van der Waals surface area contributed by atoms with E-state index < -0.39 is 0 Å². The molecule has 1 unspecified atom stereocenters. The molecule has 1 N–H and O–H groups in total. The van der Waals surface area contributed by atoms with E-state index in [1.165, 1.54) is 6.08 Å². The quantitative estimate of drug-likeness (QED) is 0.825. The average Bonchev–Trinajstić information content (AvgIpc) is 2.89. The normalized spacial score (nSPS) is 12.5. The number of amides is 1. The van der Waals surface area contributed by atoms with Crippen molar-refractivity contribution in [2.75, 3.05) is 0 Å². The van der Waals surface area contributed by atoms with E-state index in [4.69, 9.17) is 16.0 Å². The first-order valence-corrected chi connectivity index (χ1v) is 7.26. The van der Waals surface area contributed by atoms with Gasteiger partial charge in [-0.2, -0.15) is 0 Å². The molecule has 0 saturated heterocycles. The van der Waals surface area contributed by atoms with Crippen LogP contribution in [-0.2, 0) is 4.79 Å². The van der Waals surface area contributed by atoms with Crippen LogP contribution in [0.3, 0.4) is 0 Å². The second kappa shape index (κ2) is 7.14. The Morgan fingerprint density at radius 2 is 2.00 bits per heavy atom. The van der Waals surface area contributed by atoms with Crippen LogP contribution in [0.25, 0.3) is 6.08 Å². The molecule has 0 saturated carbocycles. The molecule has 1 aromatic carbocycles. The lowest BCUT2D eigenvalue weighted by Gasteiger charge is -2.16. The lowest BCUT2D eigenvalue weighted by molar-refractivity contribution is -0.117. The molecule has 0 aliphatic rings. The van der Waals surface area contributed by atoms with Crippen molar-refractivity contribution in [3.05, 3.63) is 64.6 Å². The number of carbonyl (C=O) groups is 1. The van der Waals surface area contributed by atoms with Crippen LogP contribution >= 0.6 is 11.6 Å². The molecule has 21 heavy (non-hydrogen) atoms. The van der Waals surface area contributed by atoms with Gasteiger partial charge in [-0.25, -0.2) is 0 Å². The summed E-state index contributed by atoms with van der Waals surface area (Å²) in [5.41, 5.74) is 1.04. The molecule has 0 spiro atoms. The Balaban J connectivity index is 1.99. The number of halogens is 1. The van der Waals surface area contributed by atoms with E-state index in [-0.39, 0.29) is 11.9 Å². The Hall–Kier alpha value is -2.00. The van der Waals surface area contributed by atoms with E-state index in [1.54, 1.807) is 6.08 Å². The minimum atomic E-state index is -0.147. The summed E-state index contributed by atoms with van der Waals surface area (Å²) >= 11 is 5.88. The third-order valence-electron chi connectivity index (χ3n) is 3.16. The van der Waals surface area contributed by atoms with E-state index in [1.807, 2.05) is 50.2 Å². The SMILES string of the molecule is CCC(NC(=O)/C=C/c1ccc(C)o1)c1ccc(Cl)cc1. The van der Waals surface area contributed by atoms with Gasteiger partial charge in [0.15, 0.2) is 0 Å². The van der Waals surface area contributed by atoms with Crippen molar-refractivity contribution in [3.63, 3.8) is 0 Å². The maximum absolute atomic E-state index is 12.0. The number of carbonyl (C=O) groups excluding carboxylic acids is 1. The lowest BCUT2D eigenvalue weighted by Crippen LogP contribution is -2.26. The number of benzene rings is 1. The van der Waals surface area contributed by atoms with Crippen molar-refractivity contribution in [1.29, 1.82) is 0 Å². The summed E-state index contributed by atoms with van der Waals surface area (Å²) in [7, 11) is 0. The second-order valence-corrected chi connectivity index (χ2v) is 5.24. The molecule has 0 bridgehead atoms. The van der Waals surface area contributed by atoms with Gasteiger partial charge in [-0.05, 0) is 49.2 Å². The first kappa shape index (κ1) is 15.4. The molecule has 2 aromatic rings. The monoisotopic (exact) mass is 303 g/mol. The number of furan rings is 1. The van der Waals surface area contributed by atoms with Crippen LogP contribution in [0.5, 0.6) is 0 Å². The zero-order valence-electron chi connectivity index (χ0n) is 12.1. The molecule has 110 valence electrons. The Morgan fingerprint density at radius 1 is 1.29 bits per heavy atom. The molecular weight excluding hydrogens is 286 g/mol. The highest BCUT2D eigenvalue weighted by molar-refractivity contribution is 6.30. The van der Waals surface area contributed by atoms with Crippen LogP contribution in [0.2, 0.25) is 5.02 Å². The highest BCUT2D eigenvalue weighted by atomic mass is 35.5. The van der Waals surface area contributed by atoms with Crippen LogP contribution in [0, 0.1) is 6.92 Å². The standard InChI is InChI=1S/C17H18ClNO2/c1-3-16(13-5-7-14(18)8-6-13)19-17(20)11-10-15-9-4-12(2)21-15/h4-11,16H,3H2,1-2H3,(H,19,20)/b11-10+. The van der Waals surface area contributed by atoms with Crippen molar-refractivity contribution in [2.45, 2.75) is 26.3 Å². The van der Waals surface area contributed by atoms with Gasteiger partial charge in [-0.1, -0.05) is 30.7 Å². The molecule has 1 atom stereocenters. The smallest absolute Gasteiger partial charge is 0.244 e. The predicted molar refractivity (Wildman–Crippen MR) is 85.1 cm³/mol. The van der Waals surface area contributed by atoms with E-state index >= 15 is 0 Å². The summed E-state index contributed by atoms with van der Waals surface area (Å²) in [6.45, 7) is 3.89. The molecule has 0 aliphatic carbocycles. The highest BCUT2D eigenvalue weighted by Crippen LogP contribution is 2.19. The average molecular weight is 304 g/mol. The fraction of sp³-hybridized carbons (Fsp3) is 0.235. The molecule has 3 nitrogen and oxygen atoms in total. The van der Waals surface area contributed by atoms with Crippen LogP contribution in [0.1, 0.15) is 36.5 Å². The summed E-state index contributed by atoms with van der Waals surface area (Å²) in [5, 5.41) is 3.66. The highest BCUT2D eigenvalue weighted by Gasteiger charge is 2.10. The van der Waals surface area contributed by atoms with Gasteiger partial charge in [0.05, 0.1) is 6.04 Å². The maximum atomic E-state index is 12.0. The third-order valence-corrected chi connectivity index (χ3v) is 3.41. The topological polar surface area (TPSA) is 42.2 Å². The Bertz CT molecular complexity index is 628. The van der Waals surface area contributed by atoms with Gasteiger partial charge in [0.2, 0.25) is 5.91 Å². The molecule has 4 heteroatoms. The number of rotatable bonds is 5. The van der Waals surface area contributed by atoms with Gasteiger partial charge in [0.25, 0.3) is 0 Å². The number of hydrogen-bond donors (Lipinski definition) is 1. The number of aryl methyl sites for hydroxylation is 1. The summed E-state index contributed by atoms with van der Waals surface area (Å²) in [5.74, 6) is 1.34. The minimum absolute atomic E-state index is 0.0299. The van der Waals surface area contributed by atoms with E-state index in [0.29, 0.717) is 10.8 Å². The molecule has 1 heterocycles. The van der Waals surface area contributed by atoms with Gasteiger partial charge in [-0.3, -0.25) is 4.79 Å². The van der Waals surface area contributed by atoms with Crippen molar-refractivity contribution >= 4 is 23.6 Å². The molecule has 0 fully saturated rings. The van der Waals surface area contributed by atoms with Crippen molar-refractivity contribution in [1.82, 2.24) is 5.32 Å². The number of nitrogens with one attached hydrogen (secondary N) is 1. The zero-order chi connectivity index (χ0) is 15.2. The molecule has 1 amide bonds. The summed E-state index contributed by atoms with van der Waals surface area (Å²) in [6.07, 6.45) is 3.95. The molecule has 1 aromatic heterocycles. The van der Waals surface area contributed by atoms with Gasteiger partial charge in [-0.15, -0.1) is 0 Å².